The number of nitrogens with one attached hydrogen (secondary N) is 2. The van der Waals surface area contributed by atoms with E-state index in [1.54, 1.807) is 12.3 Å². The van der Waals surface area contributed by atoms with Crippen LogP contribution in [-0.4, -0.2) is 17.4 Å². The van der Waals surface area contributed by atoms with Crippen LogP contribution in [0.5, 0.6) is 0 Å². The zero-order valence-electron chi connectivity index (χ0n) is 11.5. The van der Waals surface area contributed by atoms with Crippen LogP contribution < -0.4 is 10.6 Å². The van der Waals surface area contributed by atoms with Gasteiger partial charge in [0.25, 0.3) is 5.91 Å². The van der Waals surface area contributed by atoms with E-state index in [1.807, 2.05) is 6.92 Å². The number of hydrogen-bond acceptors (Lipinski definition) is 3. The Hall–Kier alpha value is -2.14. The fourth-order valence-corrected chi connectivity index (χ4v) is 1.93. The fourth-order valence-electron chi connectivity index (χ4n) is 1.77. The van der Waals surface area contributed by atoms with Gasteiger partial charge in [0, 0.05) is 24.0 Å². The first kappa shape index (κ1) is 15.3. The molecule has 6 heteroatoms. The van der Waals surface area contributed by atoms with E-state index in [-0.39, 0.29) is 10.7 Å². The van der Waals surface area contributed by atoms with Gasteiger partial charge in [-0.2, -0.15) is 0 Å². The third-order valence-corrected chi connectivity index (χ3v) is 3.05. The van der Waals surface area contributed by atoms with E-state index < -0.39 is 11.7 Å². The molecule has 0 aliphatic rings. The highest BCUT2D eigenvalue weighted by Gasteiger charge is 2.13. The van der Waals surface area contributed by atoms with Gasteiger partial charge in [0.1, 0.15) is 5.82 Å². The molecule has 0 unspecified atom stereocenters. The predicted octanol–water partition coefficient (Wildman–Crippen LogP) is 3.95. The number of nitrogens with zero attached hydrogens (tertiary/aromatic N) is 1. The second kappa shape index (κ2) is 7.04. The Labute approximate surface area is 127 Å². The summed E-state index contributed by atoms with van der Waals surface area (Å²) in [4.78, 5) is 16.2. The first-order chi connectivity index (χ1) is 10.1. The van der Waals surface area contributed by atoms with Crippen LogP contribution >= 0.6 is 11.6 Å². The van der Waals surface area contributed by atoms with Crippen molar-refractivity contribution in [2.75, 3.05) is 17.2 Å². The standard InChI is InChI=1S/C15H15ClFN3O/c1-2-6-19-13-5-7-18-9-11(13)15(21)20-14-4-3-10(16)8-12(14)17/h3-5,7-9H,2,6H2,1H3,(H,18,19)(H,20,21). The molecule has 2 aromatic rings. The van der Waals surface area contributed by atoms with Gasteiger partial charge in [-0.1, -0.05) is 18.5 Å². The summed E-state index contributed by atoms with van der Waals surface area (Å²) >= 11 is 5.68. The molecule has 1 aromatic heterocycles. The number of halogens is 2. The Kier molecular flexibility index (Phi) is 5.11. The van der Waals surface area contributed by atoms with Gasteiger partial charge in [-0.05, 0) is 30.7 Å². The monoisotopic (exact) mass is 307 g/mol. The minimum absolute atomic E-state index is 0.0784. The fraction of sp³-hybridized carbons (Fsp3) is 0.200. The zero-order chi connectivity index (χ0) is 15.2. The lowest BCUT2D eigenvalue weighted by Gasteiger charge is -2.11. The summed E-state index contributed by atoms with van der Waals surface area (Å²) in [6, 6.07) is 5.80. The predicted molar refractivity (Wildman–Crippen MR) is 82.4 cm³/mol. The Bertz CT molecular complexity index is 649. The van der Waals surface area contributed by atoms with Gasteiger partial charge in [0.15, 0.2) is 0 Å². The molecule has 4 nitrogen and oxygen atoms in total. The van der Waals surface area contributed by atoms with E-state index >= 15 is 0 Å². The highest BCUT2D eigenvalue weighted by Crippen LogP contribution is 2.21. The van der Waals surface area contributed by atoms with Crippen molar-refractivity contribution in [2.45, 2.75) is 13.3 Å². The van der Waals surface area contributed by atoms with E-state index in [0.717, 1.165) is 19.0 Å². The SMILES string of the molecule is CCCNc1ccncc1C(=O)Nc1ccc(Cl)cc1F. The highest BCUT2D eigenvalue weighted by atomic mass is 35.5. The molecular weight excluding hydrogens is 293 g/mol. The lowest BCUT2D eigenvalue weighted by atomic mass is 10.2. The molecule has 21 heavy (non-hydrogen) atoms. The summed E-state index contributed by atoms with van der Waals surface area (Å²) in [5.41, 5.74) is 1.11. The van der Waals surface area contributed by atoms with Crippen LogP contribution in [0.15, 0.2) is 36.7 Å². The molecule has 0 fully saturated rings. The summed E-state index contributed by atoms with van der Waals surface area (Å²) in [5.74, 6) is -1.01. The first-order valence-corrected chi connectivity index (χ1v) is 6.94. The molecule has 0 spiro atoms. The minimum Gasteiger partial charge on any atom is -0.384 e. The Morgan fingerprint density at radius 2 is 2.14 bits per heavy atom. The number of carbonyl (C=O) groups is 1. The summed E-state index contributed by atoms with van der Waals surface area (Å²) in [6.07, 6.45) is 3.97. The largest absolute Gasteiger partial charge is 0.384 e. The number of benzene rings is 1. The van der Waals surface area contributed by atoms with Crippen LogP contribution in [0.1, 0.15) is 23.7 Å². The van der Waals surface area contributed by atoms with Crippen molar-refractivity contribution in [3.63, 3.8) is 0 Å². The highest BCUT2D eigenvalue weighted by molar-refractivity contribution is 6.30. The van der Waals surface area contributed by atoms with E-state index in [1.165, 1.54) is 18.3 Å². The number of aromatic nitrogens is 1. The van der Waals surface area contributed by atoms with Crippen molar-refractivity contribution in [2.24, 2.45) is 0 Å². The van der Waals surface area contributed by atoms with Crippen molar-refractivity contribution in [1.29, 1.82) is 0 Å². The topological polar surface area (TPSA) is 54.0 Å². The molecule has 2 N–H and O–H groups in total. The molecule has 0 saturated carbocycles. The smallest absolute Gasteiger partial charge is 0.259 e. The quantitative estimate of drug-likeness (QED) is 0.879. The molecule has 0 bridgehead atoms. The van der Waals surface area contributed by atoms with Crippen molar-refractivity contribution >= 4 is 28.9 Å². The molecule has 0 radical (unpaired) electrons. The van der Waals surface area contributed by atoms with Gasteiger partial charge >= 0.3 is 0 Å². The maximum atomic E-state index is 13.7. The van der Waals surface area contributed by atoms with E-state index in [9.17, 15) is 9.18 Å². The molecule has 0 aliphatic heterocycles. The minimum atomic E-state index is -0.581. The maximum Gasteiger partial charge on any atom is 0.259 e. The lowest BCUT2D eigenvalue weighted by Crippen LogP contribution is -2.16. The average Bonchev–Trinajstić information content (AvgIpc) is 2.48. The van der Waals surface area contributed by atoms with Crippen molar-refractivity contribution in [3.8, 4) is 0 Å². The van der Waals surface area contributed by atoms with Crippen LogP contribution in [0.4, 0.5) is 15.8 Å². The van der Waals surface area contributed by atoms with Crippen LogP contribution in [0, 0.1) is 5.82 Å². The van der Waals surface area contributed by atoms with Crippen molar-refractivity contribution in [1.82, 2.24) is 4.98 Å². The van der Waals surface area contributed by atoms with Crippen LogP contribution in [0.2, 0.25) is 5.02 Å². The molecular formula is C15H15ClFN3O. The molecule has 110 valence electrons. The van der Waals surface area contributed by atoms with Crippen LogP contribution in [0.25, 0.3) is 0 Å². The third-order valence-electron chi connectivity index (χ3n) is 2.81. The summed E-state index contributed by atoms with van der Waals surface area (Å²) in [7, 11) is 0. The van der Waals surface area contributed by atoms with Crippen LogP contribution in [0.3, 0.4) is 0 Å². The molecule has 0 atom stereocenters. The number of rotatable bonds is 5. The van der Waals surface area contributed by atoms with Gasteiger partial charge in [0.05, 0.1) is 16.9 Å². The lowest BCUT2D eigenvalue weighted by molar-refractivity contribution is 0.102. The summed E-state index contributed by atoms with van der Waals surface area (Å²) < 4.78 is 13.7. The van der Waals surface area contributed by atoms with E-state index in [4.69, 9.17) is 11.6 Å². The van der Waals surface area contributed by atoms with Gasteiger partial charge < -0.3 is 10.6 Å². The van der Waals surface area contributed by atoms with Crippen molar-refractivity contribution < 1.29 is 9.18 Å². The molecule has 0 saturated heterocycles. The molecule has 2 rings (SSSR count). The van der Waals surface area contributed by atoms with Gasteiger partial charge in [-0.3, -0.25) is 9.78 Å². The van der Waals surface area contributed by atoms with Gasteiger partial charge in [-0.25, -0.2) is 4.39 Å². The Balaban J connectivity index is 2.20. The Morgan fingerprint density at radius 1 is 1.33 bits per heavy atom. The second-order valence-corrected chi connectivity index (χ2v) is 4.86. The third kappa shape index (κ3) is 3.92. The van der Waals surface area contributed by atoms with Crippen LogP contribution in [-0.2, 0) is 0 Å². The second-order valence-electron chi connectivity index (χ2n) is 4.43. The number of carbonyl (C=O) groups excluding carboxylic acids is 1. The first-order valence-electron chi connectivity index (χ1n) is 6.56. The number of pyridine rings is 1. The summed E-state index contributed by atoms with van der Waals surface area (Å²) in [5, 5.41) is 5.93. The number of amides is 1. The average molecular weight is 308 g/mol. The normalized spacial score (nSPS) is 10.2. The summed E-state index contributed by atoms with van der Waals surface area (Å²) in [6.45, 7) is 2.76. The van der Waals surface area contributed by atoms with E-state index in [2.05, 4.69) is 15.6 Å². The van der Waals surface area contributed by atoms with E-state index in [0.29, 0.717) is 11.3 Å². The zero-order valence-corrected chi connectivity index (χ0v) is 12.2. The molecule has 1 heterocycles. The maximum absolute atomic E-state index is 13.7. The molecule has 0 aliphatic carbocycles. The van der Waals surface area contributed by atoms with Gasteiger partial charge in [0.2, 0.25) is 0 Å². The molecule has 1 amide bonds. The number of anilines is 2. The number of hydrogen-bond donors (Lipinski definition) is 2. The molecule has 1 aromatic carbocycles. The van der Waals surface area contributed by atoms with Gasteiger partial charge in [-0.15, -0.1) is 0 Å². The van der Waals surface area contributed by atoms with Crippen molar-refractivity contribution in [3.05, 3.63) is 53.1 Å². The Morgan fingerprint density at radius 3 is 2.86 bits per heavy atom.